The molecular formula is C13H14Cl2N2O3S. The Morgan fingerprint density at radius 3 is 2.81 bits per heavy atom. The summed E-state index contributed by atoms with van der Waals surface area (Å²) in [5.41, 5.74) is 1.51. The van der Waals surface area contributed by atoms with Gasteiger partial charge in [0, 0.05) is 13.2 Å². The first-order valence-corrected chi connectivity index (χ1v) is 8.04. The molecule has 114 valence electrons. The molecule has 0 radical (unpaired) electrons. The SMILES string of the molecule is CCOCCn1c(SCC(=O)O)nc2cc(Cl)c(Cl)cc21. The topological polar surface area (TPSA) is 64.3 Å². The van der Waals surface area contributed by atoms with Crippen LogP contribution in [0.2, 0.25) is 10.0 Å². The van der Waals surface area contributed by atoms with Crippen LogP contribution in [-0.4, -0.2) is 39.6 Å². The maximum absolute atomic E-state index is 10.7. The molecule has 1 aromatic heterocycles. The van der Waals surface area contributed by atoms with Crippen LogP contribution in [-0.2, 0) is 16.1 Å². The van der Waals surface area contributed by atoms with E-state index in [-0.39, 0.29) is 5.75 Å². The number of aliphatic carboxylic acids is 1. The van der Waals surface area contributed by atoms with Gasteiger partial charge < -0.3 is 14.4 Å². The lowest BCUT2D eigenvalue weighted by molar-refractivity contribution is -0.133. The Morgan fingerprint density at radius 1 is 1.43 bits per heavy atom. The monoisotopic (exact) mass is 348 g/mol. The van der Waals surface area contributed by atoms with Crippen molar-refractivity contribution >= 4 is 52.0 Å². The van der Waals surface area contributed by atoms with E-state index >= 15 is 0 Å². The van der Waals surface area contributed by atoms with Gasteiger partial charge in [0.25, 0.3) is 0 Å². The zero-order valence-electron chi connectivity index (χ0n) is 11.3. The van der Waals surface area contributed by atoms with Crippen LogP contribution in [0.1, 0.15) is 6.92 Å². The highest BCUT2D eigenvalue weighted by Gasteiger charge is 2.14. The average Bonchev–Trinajstić information content (AvgIpc) is 2.75. The van der Waals surface area contributed by atoms with E-state index in [0.29, 0.717) is 40.5 Å². The Kier molecular flexibility index (Phi) is 5.75. The number of halogens is 2. The Bertz CT molecular complexity index is 660. The second kappa shape index (κ2) is 7.35. The van der Waals surface area contributed by atoms with E-state index in [4.69, 9.17) is 33.0 Å². The fourth-order valence-electron chi connectivity index (χ4n) is 1.85. The minimum atomic E-state index is -0.889. The number of nitrogens with zero attached hydrogens (tertiary/aromatic N) is 2. The van der Waals surface area contributed by atoms with Gasteiger partial charge >= 0.3 is 5.97 Å². The van der Waals surface area contributed by atoms with Crippen molar-refractivity contribution in [1.82, 2.24) is 9.55 Å². The number of rotatable bonds is 7. The van der Waals surface area contributed by atoms with Crippen molar-refractivity contribution in [2.24, 2.45) is 0 Å². The van der Waals surface area contributed by atoms with Crippen molar-refractivity contribution in [3.63, 3.8) is 0 Å². The van der Waals surface area contributed by atoms with E-state index in [9.17, 15) is 4.79 Å². The molecule has 0 atom stereocenters. The van der Waals surface area contributed by atoms with Gasteiger partial charge in [-0.25, -0.2) is 4.98 Å². The number of thioether (sulfide) groups is 1. The number of carbonyl (C=O) groups is 1. The zero-order valence-corrected chi connectivity index (χ0v) is 13.6. The van der Waals surface area contributed by atoms with E-state index < -0.39 is 5.97 Å². The largest absolute Gasteiger partial charge is 0.481 e. The molecule has 2 aromatic rings. The molecule has 0 amide bonds. The van der Waals surface area contributed by atoms with Gasteiger partial charge in [-0.3, -0.25) is 4.79 Å². The summed E-state index contributed by atoms with van der Waals surface area (Å²) in [5.74, 6) is -0.946. The molecule has 0 unspecified atom stereocenters. The van der Waals surface area contributed by atoms with Gasteiger partial charge in [-0.2, -0.15) is 0 Å². The van der Waals surface area contributed by atoms with Crippen molar-refractivity contribution in [1.29, 1.82) is 0 Å². The Labute approximate surface area is 136 Å². The van der Waals surface area contributed by atoms with E-state index in [0.717, 1.165) is 17.3 Å². The fourth-order valence-corrected chi connectivity index (χ4v) is 2.93. The highest BCUT2D eigenvalue weighted by Crippen LogP contribution is 2.31. The second-order valence-corrected chi connectivity index (χ2v) is 5.94. The Hall–Kier alpha value is -0.950. The average molecular weight is 349 g/mol. The van der Waals surface area contributed by atoms with Crippen LogP contribution in [0.4, 0.5) is 0 Å². The molecule has 5 nitrogen and oxygen atoms in total. The number of benzene rings is 1. The lowest BCUT2D eigenvalue weighted by atomic mass is 10.3. The van der Waals surface area contributed by atoms with Crippen LogP contribution in [0.15, 0.2) is 17.3 Å². The first-order chi connectivity index (χ1) is 10.0. The van der Waals surface area contributed by atoms with Gasteiger partial charge in [-0.1, -0.05) is 35.0 Å². The van der Waals surface area contributed by atoms with E-state index in [1.54, 1.807) is 12.1 Å². The smallest absolute Gasteiger partial charge is 0.313 e. The molecule has 0 aliphatic carbocycles. The summed E-state index contributed by atoms with van der Waals surface area (Å²) in [7, 11) is 0. The highest BCUT2D eigenvalue weighted by atomic mass is 35.5. The molecule has 1 heterocycles. The summed E-state index contributed by atoms with van der Waals surface area (Å²) in [6, 6.07) is 3.42. The maximum atomic E-state index is 10.7. The molecule has 2 rings (SSSR count). The first kappa shape index (κ1) is 16.4. The van der Waals surface area contributed by atoms with Crippen molar-refractivity contribution < 1.29 is 14.6 Å². The standard InChI is InChI=1S/C13H14Cl2N2O3S/c1-2-20-4-3-17-11-6-9(15)8(14)5-10(11)16-13(17)21-7-12(18)19/h5-6H,2-4,7H2,1H3,(H,18,19). The van der Waals surface area contributed by atoms with Crippen molar-refractivity contribution in [2.45, 2.75) is 18.6 Å². The molecule has 0 spiro atoms. The molecule has 21 heavy (non-hydrogen) atoms. The summed E-state index contributed by atoms with van der Waals surface area (Å²) in [6.07, 6.45) is 0. The van der Waals surface area contributed by atoms with Crippen LogP contribution < -0.4 is 0 Å². The van der Waals surface area contributed by atoms with E-state index in [1.807, 2.05) is 11.5 Å². The van der Waals surface area contributed by atoms with Crippen molar-refractivity contribution in [3.8, 4) is 0 Å². The molecule has 0 bridgehead atoms. The van der Waals surface area contributed by atoms with Gasteiger partial charge in [0.1, 0.15) is 0 Å². The predicted molar refractivity (Wildman–Crippen MR) is 84.6 cm³/mol. The van der Waals surface area contributed by atoms with Crippen molar-refractivity contribution in [3.05, 3.63) is 22.2 Å². The third-order valence-electron chi connectivity index (χ3n) is 2.74. The second-order valence-electron chi connectivity index (χ2n) is 4.18. The summed E-state index contributed by atoms with van der Waals surface area (Å²) in [4.78, 5) is 15.2. The minimum absolute atomic E-state index is 0.0561. The quantitative estimate of drug-likeness (QED) is 0.612. The maximum Gasteiger partial charge on any atom is 0.313 e. The molecule has 0 aliphatic rings. The third kappa shape index (κ3) is 4.03. The molecule has 1 aromatic carbocycles. The number of hydrogen-bond donors (Lipinski definition) is 1. The van der Waals surface area contributed by atoms with E-state index in [1.165, 1.54) is 0 Å². The number of imidazole rings is 1. The van der Waals surface area contributed by atoms with Gasteiger partial charge in [0.15, 0.2) is 5.16 Å². The Balaban J connectivity index is 2.39. The number of hydrogen-bond acceptors (Lipinski definition) is 4. The van der Waals surface area contributed by atoms with Crippen LogP contribution in [0, 0.1) is 0 Å². The van der Waals surface area contributed by atoms with Crippen LogP contribution >= 0.6 is 35.0 Å². The van der Waals surface area contributed by atoms with Crippen LogP contribution in [0.5, 0.6) is 0 Å². The summed E-state index contributed by atoms with van der Waals surface area (Å²) in [5, 5.41) is 10.3. The number of ether oxygens (including phenoxy) is 1. The molecule has 0 aliphatic heterocycles. The minimum Gasteiger partial charge on any atom is -0.481 e. The molecule has 1 N–H and O–H groups in total. The number of carboxylic acids is 1. The Morgan fingerprint density at radius 2 is 2.14 bits per heavy atom. The lowest BCUT2D eigenvalue weighted by Gasteiger charge is -2.08. The van der Waals surface area contributed by atoms with Gasteiger partial charge in [-0.05, 0) is 19.1 Å². The van der Waals surface area contributed by atoms with Gasteiger partial charge in [-0.15, -0.1) is 0 Å². The fraction of sp³-hybridized carbons (Fsp3) is 0.385. The van der Waals surface area contributed by atoms with E-state index in [2.05, 4.69) is 4.98 Å². The highest BCUT2D eigenvalue weighted by molar-refractivity contribution is 7.99. The summed E-state index contributed by atoms with van der Waals surface area (Å²) < 4.78 is 7.26. The van der Waals surface area contributed by atoms with Crippen LogP contribution in [0.3, 0.4) is 0 Å². The molecule has 0 fully saturated rings. The lowest BCUT2D eigenvalue weighted by Crippen LogP contribution is -2.08. The first-order valence-electron chi connectivity index (χ1n) is 6.30. The summed E-state index contributed by atoms with van der Waals surface area (Å²) in [6.45, 7) is 3.63. The van der Waals surface area contributed by atoms with Crippen molar-refractivity contribution in [2.75, 3.05) is 19.0 Å². The number of aromatic nitrogens is 2. The molecule has 8 heteroatoms. The van der Waals surface area contributed by atoms with Gasteiger partial charge in [0.2, 0.25) is 0 Å². The zero-order chi connectivity index (χ0) is 15.4. The number of carboxylic acid groups (broad SMARTS) is 1. The summed E-state index contributed by atoms with van der Waals surface area (Å²) >= 11 is 13.2. The normalized spacial score (nSPS) is 11.2. The number of fused-ring (bicyclic) bond motifs is 1. The molecular weight excluding hydrogens is 335 g/mol. The third-order valence-corrected chi connectivity index (χ3v) is 4.43. The van der Waals surface area contributed by atoms with Gasteiger partial charge in [0.05, 0.1) is 33.4 Å². The molecule has 0 saturated carbocycles. The van der Waals surface area contributed by atoms with Crippen LogP contribution in [0.25, 0.3) is 11.0 Å². The molecule has 0 saturated heterocycles. The predicted octanol–water partition coefficient (Wildman–Crippen LogP) is 3.56.